The summed E-state index contributed by atoms with van der Waals surface area (Å²) in [6.45, 7) is 6.74. The molecule has 4 saturated carbocycles. The highest BCUT2D eigenvalue weighted by Gasteiger charge is 2.60. The van der Waals surface area contributed by atoms with Crippen molar-refractivity contribution in [1.82, 2.24) is 0 Å². The van der Waals surface area contributed by atoms with Crippen LogP contribution < -0.4 is 0 Å². The standard InChI is InChI=1S/C21H32O2/c1-13(22)17-6-7-18-16-5-4-14-12-15(23)8-10-20(14,2)19(16)9-11-21(17,18)3/h14,16-19H,4-12H2,1-3H3/t14-,16?,17-,18?,19?,20?,21?/m1/s1. The molecule has 4 aliphatic rings. The van der Waals surface area contributed by atoms with Gasteiger partial charge in [0.25, 0.3) is 0 Å². The van der Waals surface area contributed by atoms with Gasteiger partial charge in [0.15, 0.2) is 0 Å². The van der Waals surface area contributed by atoms with Gasteiger partial charge in [-0.1, -0.05) is 13.8 Å². The first kappa shape index (κ1) is 15.8. The third kappa shape index (κ3) is 2.12. The van der Waals surface area contributed by atoms with Crippen molar-refractivity contribution < 1.29 is 9.59 Å². The van der Waals surface area contributed by atoms with Crippen molar-refractivity contribution in [1.29, 1.82) is 0 Å². The van der Waals surface area contributed by atoms with Crippen LogP contribution in [0.4, 0.5) is 0 Å². The zero-order valence-electron chi connectivity index (χ0n) is 15.1. The number of fused-ring (bicyclic) bond motifs is 5. The van der Waals surface area contributed by atoms with E-state index in [1.165, 1.54) is 32.1 Å². The van der Waals surface area contributed by atoms with Crippen molar-refractivity contribution in [3.63, 3.8) is 0 Å². The number of Topliss-reactive ketones (excluding diaryl/α,β-unsaturated/α-hetero) is 2. The lowest BCUT2D eigenvalue weighted by Gasteiger charge is -2.60. The fraction of sp³-hybridized carbons (Fsp3) is 0.905. The van der Waals surface area contributed by atoms with Gasteiger partial charge in [-0.25, -0.2) is 0 Å². The first-order valence-corrected chi connectivity index (χ1v) is 9.88. The van der Waals surface area contributed by atoms with Crippen LogP contribution in [0, 0.1) is 40.4 Å². The van der Waals surface area contributed by atoms with Crippen molar-refractivity contribution in [3.05, 3.63) is 0 Å². The van der Waals surface area contributed by atoms with Gasteiger partial charge < -0.3 is 0 Å². The third-order valence-corrected chi connectivity index (χ3v) is 8.97. The highest BCUT2D eigenvalue weighted by atomic mass is 16.1. The van der Waals surface area contributed by atoms with Crippen LogP contribution in [-0.2, 0) is 9.59 Å². The molecule has 4 rings (SSSR count). The smallest absolute Gasteiger partial charge is 0.133 e. The molecule has 7 atom stereocenters. The lowest BCUT2D eigenvalue weighted by molar-refractivity contribution is -0.143. The maximum Gasteiger partial charge on any atom is 0.133 e. The Bertz CT molecular complexity index is 538. The second kappa shape index (κ2) is 5.17. The minimum atomic E-state index is 0.265. The van der Waals surface area contributed by atoms with Gasteiger partial charge in [-0.2, -0.15) is 0 Å². The number of ketones is 2. The van der Waals surface area contributed by atoms with Crippen LogP contribution in [0.15, 0.2) is 0 Å². The zero-order valence-corrected chi connectivity index (χ0v) is 15.1. The summed E-state index contributed by atoms with van der Waals surface area (Å²) in [5.74, 6) is 4.25. The van der Waals surface area contributed by atoms with E-state index < -0.39 is 0 Å². The number of rotatable bonds is 1. The van der Waals surface area contributed by atoms with Gasteiger partial charge in [-0.3, -0.25) is 9.59 Å². The van der Waals surface area contributed by atoms with Crippen LogP contribution in [0.5, 0.6) is 0 Å². The summed E-state index contributed by atoms with van der Waals surface area (Å²) in [7, 11) is 0. The lowest BCUT2D eigenvalue weighted by atomic mass is 9.44. The van der Waals surface area contributed by atoms with Crippen LogP contribution >= 0.6 is 0 Å². The van der Waals surface area contributed by atoms with Gasteiger partial charge in [0.1, 0.15) is 11.6 Å². The number of carbonyl (C=O) groups is 2. The number of hydrogen-bond acceptors (Lipinski definition) is 2. The number of hydrogen-bond donors (Lipinski definition) is 0. The van der Waals surface area contributed by atoms with Gasteiger partial charge in [-0.05, 0) is 86.4 Å². The van der Waals surface area contributed by atoms with Gasteiger partial charge in [-0.15, -0.1) is 0 Å². The van der Waals surface area contributed by atoms with Crippen LogP contribution in [0.25, 0.3) is 0 Å². The van der Waals surface area contributed by atoms with E-state index in [1.807, 2.05) is 6.92 Å². The van der Waals surface area contributed by atoms with E-state index >= 15 is 0 Å². The first-order valence-electron chi connectivity index (χ1n) is 9.88. The van der Waals surface area contributed by atoms with Crippen molar-refractivity contribution >= 4 is 11.6 Å². The van der Waals surface area contributed by atoms with Crippen molar-refractivity contribution in [2.45, 2.75) is 78.6 Å². The molecule has 0 aromatic heterocycles. The van der Waals surface area contributed by atoms with Gasteiger partial charge in [0, 0.05) is 18.8 Å². The third-order valence-electron chi connectivity index (χ3n) is 8.97. The molecule has 0 N–H and O–H groups in total. The summed E-state index contributed by atoms with van der Waals surface area (Å²) >= 11 is 0. The minimum absolute atomic E-state index is 0.265. The van der Waals surface area contributed by atoms with Gasteiger partial charge in [0.2, 0.25) is 0 Å². The summed E-state index contributed by atoms with van der Waals surface area (Å²) in [6, 6.07) is 0. The second-order valence-corrected chi connectivity index (χ2v) is 9.68. The monoisotopic (exact) mass is 316 g/mol. The molecule has 0 heterocycles. The van der Waals surface area contributed by atoms with Crippen LogP contribution in [0.1, 0.15) is 78.6 Å². The lowest BCUT2D eigenvalue weighted by Crippen LogP contribution is -2.53. The first-order chi connectivity index (χ1) is 10.9. The predicted molar refractivity (Wildman–Crippen MR) is 90.9 cm³/mol. The van der Waals surface area contributed by atoms with Crippen molar-refractivity contribution in [2.75, 3.05) is 0 Å². The molecule has 0 aliphatic heterocycles. The second-order valence-electron chi connectivity index (χ2n) is 9.68. The molecule has 4 fully saturated rings. The molecular weight excluding hydrogens is 284 g/mol. The topological polar surface area (TPSA) is 34.1 Å². The Balaban J connectivity index is 1.63. The Morgan fingerprint density at radius 3 is 2.43 bits per heavy atom. The Kier molecular flexibility index (Phi) is 3.56. The van der Waals surface area contributed by atoms with Crippen molar-refractivity contribution in [2.24, 2.45) is 40.4 Å². The van der Waals surface area contributed by atoms with Crippen LogP contribution in [0.2, 0.25) is 0 Å². The molecule has 2 heteroatoms. The summed E-state index contributed by atoms with van der Waals surface area (Å²) in [5, 5.41) is 0. The highest BCUT2D eigenvalue weighted by Crippen LogP contribution is 2.67. The minimum Gasteiger partial charge on any atom is -0.300 e. The zero-order chi connectivity index (χ0) is 16.4. The maximum absolute atomic E-state index is 12.2. The summed E-state index contributed by atoms with van der Waals surface area (Å²) in [6.07, 6.45) is 10.3. The molecule has 0 bridgehead atoms. The summed E-state index contributed by atoms with van der Waals surface area (Å²) < 4.78 is 0. The van der Waals surface area contributed by atoms with Gasteiger partial charge >= 0.3 is 0 Å². The Hall–Kier alpha value is -0.660. The molecule has 2 nitrogen and oxygen atoms in total. The van der Waals surface area contributed by atoms with E-state index in [4.69, 9.17) is 0 Å². The summed E-state index contributed by atoms with van der Waals surface area (Å²) in [4.78, 5) is 24.1. The normalized spacial score (nSPS) is 52.5. The molecular formula is C21H32O2. The van der Waals surface area contributed by atoms with E-state index in [1.54, 1.807) is 0 Å². The van der Waals surface area contributed by atoms with E-state index in [9.17, 15) is 9.59 Å². The SMILES string of the molecule is CC(=O)[C@H]1CCC2C3CC[C@@H]4CC(=O)CCC4(C)C3CCC21C. The van der Waals surface area contributed by atoms with Gasteiger partial charge in [0.05, 0.1) is 0 Å². The largest absolute Gasteiger partial charge is 0.300 e. The molecule has 0 saturated heterocycles. The molecule has 0 radical (unpaired) electrons. The molecule has 0 spiro atoms. The summed E-state index contributed by atoms with van der Waals surface area (Å²) in [5.41, 5.74) is 0.660. The van der Waals surface area contributed by atoms with Crippen LogP contribution in [-0.4, -0.2) is 11.6 Å². The maximum atomic E-state index is 12.2. The van der Waals surface area contributed by atoms with E-state index in [0.29, 0.717) is 28.8 Å². The Labute approximate surface area is 140 Å². The average molecular weight is 316 g/mol. The Morgan fingerprint density at radius 2 is 1.70 bits per heavy atom. The van der Waals surface area contributed by atoms with Crippen molar-refractivity contribution in [3.8, 4) is 0 Å². The fourth-order valence-electron chi connectivity index (χ4n) is 7.71. The fourth-order valence-corrected chi connectivity index (χ4v) is 7.71. The Morgan fingerprint density at radius 1 is 0.957 bits per heavy atom. The number of carbonyl (C=O) groups excluding carboxylic acids is 2. The van der Waals surface area contributed by atoms with Crippen LogP contribution in [0.3, 0.4) is 0 Å². The van der Waals surface area contributed by atoms with E-state index in [0.717, 1.165) is 43.4 Å². The molecule has 4 aliphatic carbocycles. The quantitative estimate of drug-likeness (QED) is 0.696. The molecule has 0 amide bonds. The molecule has 5 unspecified atom stereocenters. The molecule has 23 heavy (non-hydrogen) atoms. The highest BCUT2D eigenvalue weighted by molar-refractivity contribution is 5.80. The molecule has 128 valence electrons. The predicted octanol–water partition coefficient (Wildman–Crippen LogP) is 4.80. The van der Waals surface area contributed by atoms with E-state index in [2.05, 4.69) is 13.8 Å². The average Bonchev–Trinajstić information content (AvgIpc) is 2.85. The van der Waals surface area contributed by atoms with E-state index in [-0.39, 0.29) is 5.41 Å². The molecule has 0 aromatic carbocycles. The molecule has 0 aromatic rings.